The summed E-state index contributed by atoms with van der Waals surface area (Å²) in [4.78, 5) is 22.4. The van der Waals surface area contributed by atoms with Gasteiger partial charge in [0.1, 0.15) is 11.6 Å². The Morgan fingerprint density at radius 3 is 2.37 bits per heavy atom. The summed E-state index contributed by atoms with van der Waals surface area (Å²) < 4.78 is 60.3. The second-order valence-electron chi connectivity index (χ2n) is 8.16. The van der Waals surface area contributed by atoms with E-state index in [-0.39, 0.29) is 30.0 Å². The fourth-order valence-electron chi connectivity index (χ4n) is 4.14. The highest BCUT2D eigenvalue weighted by atomic mass is 32.1. The number of halogens is 4. The van der Waals surface area contributed by atoms with Gasteiger partial charge >= 0.3 is 12.1 Å². The minimum atomic E-state index is -4.79. The lowest BCUT2D eigenvalue weighted by molar-refractivity contribution is -0.148. The average Bonchev–Trinajstić information content (AvgIpc) is 2.83. The first-order valence-corrected chi connectivity index (χ1v) is 11.6. The van der Waals surface area contributed by atoms with Crippen LogP contribution in [0.3, 0.4) is 0 Å². The van der Waals surface area contributed by atoms with Gasteiger partial charge in [0, 0.05) is 23.5 Å². The minimum Gasteiger partial charge on any atom is -0.466 e. The largest absolute Gasteiger partial charge is 0.466 e. The van der Waals surface area contributed by atoms with Crippen molar-refractivity contribution in [2.45, 2.75) is 30.8 Å². The molecule has 10 heteroatoms. The highest BCUT2D eigenvalue weighted by Gasteiger charge is 2.38. The van der Waals surface area contributed by atoms with Crippen LogP contribution in [0.1, 0.15) is 25.6 Å². The lowest BCUT2D eigenvalue weighted by atomic mass is 9.95. The molecule has 1 saturated heterocycles. The number of ether oxygens (including phenoxy) is 1. The predicted molar refractivity (Wildman–Crippen MR) is 127 cm³/mol. The lowest BCUT2D eigenvalue weighted by Gasteiger charge is -2.33. The number of esters is 1. The van der Waals surface area contributed by atoms with Crippen molar-refractivity contribution >= 4 is 24.4 Å². The number of aromatic nitrogens is 2. The van der Waals surface area contributed by atoms with Gasteiger partial charge in [-0.05, 0) is 61.7 Å². The smallest absolute Gasteiger partial charge is 0.451 e. The summed E-state index contributed by atoms with van der Waals surface area (Å²) in [5.74, 6) is -2.33. The number of hydrogen-bond donors (Lipinski definition) is 1. The van der Waals surface area contributed by atoms with Gasteiger partial charge in [0.15, 0.2) is 0 Å². The quantitative estimate of drug-likeness (QED) is 0.260. The lowest BCUT2D eigenvalue weighted by Crippen LogP contribution is -2.38. The number of carbonyl (C=O) groups excluding carboxylic acids is 1. The van der Waals surface area contributed by atoms with Crippen LogP contribution in [-0.4, -0.2) is 35.6 Å². The maximum absolute atomic E-state index is 13.9. The number of piperidine rings is 1. The minimum absolute atomic E-state index is 0.0359. The summed E-state index contributed by atoms with van der Waals surface area (Å²) in [6.07, 6.45) is -3.96. The van der Waals surface area contributed by atoms with Gasteiger partial charge in [-0.1, -0.05) is 12.1 Å². The van der Waals surface area contributed by atoms with E-state index in [0.29, 0.717) is 47.5 Å². The number of benzene rings is 2. The maximum Gasteiger partial charge on any atom is 0.451 e. The standard InChI is InChI=1S/C25H23F4N3O2S/c1-2-34-23(33)16-10-12-32(13-11-16)22-20(17-4-3-5-19(35)14-17)21(15-6-8-18(26)9-7-15)30-24(31-22)25(27,28)29/h3-9,14,16,35H,2,10-13H2,1H3. The Hall–Kier alpha value is -3.14. The number of rotatable bonds is 5. The molecule has 184 valence electrons. The number of carbonyl (C=O) groups is 1. The van der Waals surface area contributed by atoms with Crippen molar-refractivity contribution < 1.29 is 27.1 Å². The molecule has 0 aliphatic carbocycles. The number of thiol groups is 1. The zero-order chi connectivity index (χ0) is 25.2. The van der Waals surface area contributed by atoms with Crippen molar-refractivity contribution in [2.24, 2.45) is 5.92 Å². The Bertz CT molecular complexity index is 1210. The third-order valence-corrected chi connectivity index (χ3v) is 6.09. The van der Waals surface area contributed by atoms with Gasteiger partial charge in [0.2, 0.25) is 5.82 Å². The Morgan fingerprint density at radius 1 is 1.09 bits per heavy atom. The molecule has 0 N–H and O–H groups in total. The summed E-state index contributed by atoms with van der Waals surface area (Å²) in [6.45, 7) is 2.62. The van der Waals surface area contributed by atoms with E-state index in [4.69, 9.17) is 4.74 Å². The van der Waals surface area contributed by atoms with Gasteiger partial charge in [0.05, 0.1) is 23.8 Å². The van der Waals surface area contributed by atoms with Crippen LogP contribution in [0.2, 0.25) is 0 Å². The molecule has 4 rings (SSSR count). The fraction of sp³-hybridized carbons (Fsp3) is 0.320. The van der Waals surface area contributed by atoms with Crippen molar-refractivity contribution in [3.8, 4) is 22.4 Å². The number of alkyl halides is 3. The van der Waals surface area contributed by atoms with E-state index in [2.05, 4.69) is 22.6 Å². The number of anilines is 1. The third-order valence-electron chi connectivity index (χ3n) is 5.81. The molecule has 1 aliphatic heterocycles. The van der Waals surface area contributed by atoms with E-state index < -0.39 is 17.8 Å². The average molecular weight is 506 g/mol. The van der Waals surface area contributed by atoms with E-state index in [0.717, 1.165) is 0 Å². The summed E-state index contributed by atoms with van der Waals surface area (Å²) >= 11 is 4.39. The molecule has 0 atom stereocenters. The monoisotopic (exact) mass is 505 g/mol. The molecule has 1 aromatic heterocycles. The Morgan fingerprint density at radius 2 is 1.77 bits per heavy atom. The Kier molecular flexibility index (Phi) is 7.30. The molecule has 0 radical (unpaired) electrons. The molecular weight excluding hydrogens is 482 g/mol. The SMILES string of the molecule is CCOC(=O)C1CCN(c2nc(C(F)(F)F)nc(-c3ccc(F)cc3)c2-c2cccc(S)c2)CC1. The van der Waals surface area contributed by atoms with Crippen LogP contribution >= 0.6 is 12.6 Å². The number of hydrogen-bond acceptors (Lipinski definition) is 6. The molecule has 35 heavy (non-hydrogen) atoms. The second kappa shape index (κ2) is 10.2. The van der Waals surface area contributed by atoms with Crippen LogP contribution in [0.4, 0.5) is 23.4 Å². The van der Waals surface area contributed by atoms with E-state index >= 15 is 0 Å². The first kappa shape index (κ1) is 25.0. The molecule has 0 spiro atoms. The molecule has 1 fully saturated rings. The van der Waals surface area contributed by atoms with E-state index in [1.165, 1.54) is 24.3 Å². The molecule has 2 aromatic carbocycles. The third kappa shape index (κ3) is 5.58. The zero-order valence-electron chi connectivity index (χ0n) is 18.8. The normalized spacial score (nSPS) is 14.7. The zero-order valence-corrected chi connectivity index (χ0v) is 19.7. The molecule has 0 unspecified atom stereocenters. The molecule has 0 amide bonds. The van der Waals surface area contributed by atoms with Crippen molar-refractivity contribution in [1.82, 2.24) is 9.97 Å². The van der Waals surface area contributed by atoms with Crippen LogP contribution in [0.25, 0.3) is 22.4 Å². The summed E-state index contributed by atoms with van der Waals surface area (Å²) in [5, 5.41) is 0. The molecule has 1 aliphatic rings. The van der Waals surface area contributed by atoms with E-state index in [1.54, 1.807) is 36.1 Å². The fourth-order valence-corrected chi connectivity index (χ4v) is 4.36. The van der Waals surface area contributed by atoms with Crippen LogP contribution in [0, 0.1) is 11.7 Å². The van der Waals surface area contributed by atoms with Crippen molar-refractivity contribution in [3.05, 3.63) is 60.2 Å². The topological polar surface area (TPSA) is 55.3 Å². The van der Waals surface area contributed by atoms with Crippen LogP contribution in [-0.2, 0) is 15.7 Å². The van der Waals surface area contributed by atoms with Crippen molar-refractivity contribution in [3.63, 3.8) is 0 Å². The highest BCUT2D eigenvalue weighted by Crippen LogP contribution is 2.41. The predicted octanol–water partition coefficient (Wildman–Crippen LogP) is 6.04. The molecule has 0 saturated carbocycles. The molecule has 5 nitrogen and oxygen atoms in total. The van der Waals surface area contributed by atoms with Crippen molar-refractivity contribution in [2.75, 3.05) is 24.6 Å². The van der Waals surface area contributed by atoms with Crippen molar-refractivity contribution in [1.29, 1.82) is 0 Å². The first-order valence-electron chi connectivity index (χ1n) is 11.1. The van der Waals surface area contributed by atoms with Gasteiger partial charge in [-0.15, -0.1) is 12.6 Å². The molecule has 0 bridgehead atoms. The summed E-state index contributed by atoms with van der Waals surface area (Å²) in [7, 11) is 0. The summed E-state index contributed by atoms with van der Waals surface area (Å²) in [6, 6.07) is 12.1. The second-order valence-corrected chi connectivity index (χ2v) is 8.68. The van der Waals surface area contributed by atoms with Gasteiger partial charge in [-0.3, -0.25) is 4.79 Å². The van der Waals surface area contributed by atoms with Gasteiger partial charge in [0.25, 0.3) is 0 Å². The first-order chi connectivity index (χ1) is 16.7. The van der Waals surface area contributed by atoms with E-state index in [1.807, 2.05) is 0 Å². The maximum atomic E-state index is 13.9. The Labute approximate surface area is 205 Å². The molecular formula is C25H23F4N3O2S. The van der Waals surface area contributed by atoms with Crippen LogP contribution in [0.15, 0.2) is 53.4 Å². The number of nitrogens with zero attached hydrogens (tertiary/aromatic N) is 3. The molecule has 2 heterocycles. The van der Waals surface area contributed by atoms with Gasteiger partial charge < -0.3 is 9.64 Å². The van der Waals surface area contributed by atoms with Crippen LogP contribution < -0.4 is 4.90 Å². The van der Waals surface area contributed by atoms with E-state index in [9.17, 15) is 22.4 Å². The van der Waals surface area contributed by atoms with Gasteiger partial charge in [-0.25, -0.2) is 14.4 Å². The summed E-state index contributed by atoms with van der Waals surface area (Å²) in [5.41, 5.74) is 1.32. The molecule has 3 aromatic rings. The Balaban J connectivity index is 1.88. The van der Waals surface area contributed by atoms with Gasteiger partial charge in [-0.2, -0.15) is 13.2 Å². The highest BCUT2D eigenvalue weighted by molar-refractivity contribution is 7.80. The van der Waals surface area contributed by atoms with Crippen LogP contribution in [0.5, 0.6) is 0 Å².